The first-order valence-corrected chi connectivity index (χ1v) is 28.6. The molecule has 0 aliphatic carbocycles. The normalized spacial score (nSPS) is 11.4. The van der Waals surface area contributed by atoms with Crippen molar-refractivity contribution in [1.82, 2.24) is 9.13 Å². The highest BCUT2D eigenvalue weighted by Gasteiger charge is 2.25. The second-order valence-electron chi connectivity index (χ2n) is 20.7. The molecule has 4 heterocycles. The molecule has 78 heavy (non-hydrogen) atoms. The van der Waals surface area contributed by atoms with E-state index in [-0.39, 0.29) is 45.1 Å². The van der Waals surface area contributed by atoms with Crippen molar-refractivity contribution in [1.29, 1.82) is 26.3 Å². The molecule has 0 bridgehead atoms. The standard InChI is InChI=1S/C33H30N4O3.C32H31N3O2S/c1-2-3-4-5-6-7-8-9-10-11-14-37-32(38)25-16-22(19-35)28-24-15-21(18-34)12-13-27(24)40-31-23(20-36)17-26(33(37)39)29(25)30(28)31;1-2-3-4-5-6-7-8-9-10-11-16-35-31(36)24-14-13-23-25-17-21(19-33)12-15-27(25)38-30-22(20-34)18-26(32(35)37)28(24)29(23)30/h12-13,15-17H,2-11,14H2,1H3;12-15,17-18H,2-11,16H2,1H3. The van der Waals surface area contributed by atoms with Crippen LogP contribution in [0.3, 0.4) is 0 Å². The quantitative estimate of drug-likeness (QED) is 0.0356. The van der Waals surface area contributed by atoms with Crippen molar-refractivity contribution in [2.45, 2.75) is 155 Å². The first-order chi connectivity index (χ1) is 38.1. The van der Waals surface area contributed by atoms with Gasteiger partial charge in [0.2, 0.25) is 0 Å². The lowest BCUT2D eigenvalue weighted by molar-refractivity contribution is 0.527. The van der Waals surface area contributed by atoms with Gasteiger partial charge in [0.25, 0.3) is 22.2 Å². The highest BCUT2D eigenvalue weighted by atomic mass is 32.1. The summed E-state index contributed by atoms with van der Waals surface area (Å²) in [6.45, 7) is 5.12. The molecule has 0 saturated carbocycles. The third-order valence-electron chi connectivity index (χ3n) is 15.5. The Balaban J connectivity index is 0.000000190. The lowest BCUT2D eigenvalue weighted by Gasteiger charge is -2.16. The second-order valence-corrected chi connectivity index (χ2v) is 21.7. The van der Waals surface area contributed by atoms with Crippen LogP contribution < -0.4 is 22.2 Å². The van der Waals surface area contributed by atoms with Crippen molar-refractivity contribution in [3.63, 3.8) is 0 Å². The number of pyridine rings is 2. The molecule has 0 aliphatic heterocycles. The summed E-state index contributed by atoms with van der Waals surface area (Å²) in [4.78, 5) is 54.4. The minimum absolute atomic E-state index is 0.154. The molecular weight excluding hydrogens is 991 g/mol. The number of rotatable bonds is 22. The van der Waals surface area contributed by atoms with E-state index in [0.717, 1.165) is 64.1 Å². The van der Waals surface area contributed by atoms with Crippen molar-refractivity contribution in [2.75, 3.05) is 0 Å². The van der Waals surface area contributed by atoms with Gasteiger partial charge in [0.05, 0.1) is 66.9 Å². The highest BCUT2D eigenvalue weighted by molar-refractivity contribution is 7.25. The zero-order valence-electron chi connectivity index (χ0n) is 44.5. The summed E-state index contributed by atoms with van der Waals surface area (Å²) in [5.74, 6) is 0. The van der Waals surface area contributed by atoms with Crippen LogP contribution >= 0.6 is 11.3 Å². The number of nitriles is 5. The first-order valence-electron chi connectivity index (χ1n) is 27.8. The van der Waals surface area contributed by atoms with Crippen molar-refractivity contribution < 1.29 is 4.42 Å². The molecule has 0 saturated heterocycles. The van der Waals surface area contributed by atoms with Crippen LogP contribution in [0.5, 0.6) is 0 Å². The van der Waals surface area contributed by atoms with Crippen molar-refractivity contribution in [3.8, 4) is 30.3 Å². The van der Waals surface area contributed by atoms with Crippen LogP contribution in [-0.2, 0) is 13.1 Å². The fourth-order valence-electron chi connectivity index (χ4n) is 11.5. The molecule has 0 unspecified atom stereocenters. The summed E-state index contributed by atoms with van der Waals surface area (Å²) in [5, 5.41) is 55.3. The Kier molecular flexibility index (Phi) is 17.2. The Labute approximate surface area is 455 Å². The van der Waals surface area contributed by atoms with Crippen LogP contribution in [0.25, 0.3) is 85.2 Å². The number of nitrogens with zero attached hydrogens (tertiary/aromatic N) is 7. The Morgan fingerprint density at radius 1 is 0.397 bits per heavy atom. The molecular formula is C65H61N7O5S. The van der Waals surface area contributed by atoms with Crippen LogP contribution in [0.1, 0.15) is 170 Å². The Morgan fingerprint density at radius 3 is 1.35 bits per heavy atom. The Morgan fingerprint density at radius 2 is 0.833 bits per heavy atom. The predicted octanol–water partition coefficient (Wildman–Crippen LogP) is 15.4. The fraction of sp³-hybridized carbons (Fsp3) is 0.369. The minimum atomic E-state index is -0.441. The van der Waals surface area contributed by atoms with Gasteiger partial charge in [-0.25, -0.2) is 0 Å². The van der Waals surface area contributed by atoms with Crippen molar-refractivity contribution >= 4 is 96.5 Å². The molecule has 13 heteroatoms. The summed E-state index contributed by atoms with van der Waals surface area (Å²) in [7, 11) is 0. The molecule has 0 aliphatic rings. The zero-order valence-corrected chi connectivity index (χ0v) is 45.3. The number of hydrogen-bond acceptors (Lipinski definition) is 11. The van der Waals surface area contributed by atoms with Gasteiger partial charge in [-0.1, -0.05) is 135 Å². The maximum absolute atomic E-state index is 13.6. The molecule has 10 aromatic rings. The molecule has 6 aromatic carbocycles. The molecule has 0 amide bonds. The summed E-state index contributed by atoms with van der Waals surface area (Å²) in [6, 6.07) is 29.6. The monoisotopic (exact) mass is 1050 g/mol. The van der Waals surface area contributed by atoms with Crippen molar-refractivity contribution in [2.24, 2.45) is 0 Å². The van der Waals surface area contributed by atoms with Crippen LogP contribution in [0.2, 0.25) is 0 Å². The summed E-state index contributed by atoms with van der Waals surface area (Å²) < 4.78 is 10.4. The SMILES string of the molecule is CCCCCCCCCCCCn1c(=O)c2cc(C#N)c3oc4ccc(C#N)cc4c4c(C#N)cc(c1=O)c2c34.CCCCCCCCCCCCn1c(=O)c2ccc3c4cc(C#N)ccc4sc4c(C#N)cc(c1=O)c2c43. The van der Waals surface area contributed by atoms with E-state index in [2.05, 4.69) is 44.2 Å². The van der Waals surface area contributed by atoms with E-state index >= 15 is 0 Å². The van der Waals surface area contributed by atoms with Crippen LogP contribution in [0.4, 0.5) is 0 Å². The smallest absolute Gasteiger partial charge is 0.261 e. The van der Waals surface area contributed by atoms with Gasteiger partial charge in [-0.15, -0.1) is 11.3 Å². The summed E-state index contributed by atoms with van der Waals surface area (Å²) >= 11 is 1.46. The van der Waals surface area contributed by atoms with Gasteiger partial charge in [0.1, 0.15) is 17.7 Å². The van der Waals surface area contributed by atoms with Crippen molar-refractivity contribution in [3.05, 3.63) is 136 Å². The average Bonchev–Trinajstić information content (AvgIpc) is 3.64. The maximum Gasteiger partial charge on any atom is 0.261 e. The third kappa shape index (κ3) is 10.5. The van der Waals surface area contributed by atoms with Gasteiger partial charge in [-0.2, -0.15) is 26.3 Å². The predicted molar refractivity (Wildman–Crippen MR) is 314 cm³/mol. The van der Waals surface area contributed by atoms with E-state index in [1.54, 1.807) is 36.4 Å². The number of benzene rings is 6. The molecule has 0 radical (unpaired) electrons. The first kappa shape index (κ1) is 54.4. The number of hydrogen-bond donors (Lipinski definition) is 0. The largest absolute Gasteiger partial charge is 0.455 e. The van der Waals surface area contributed by atoms with E-state index < -0.39 is 11.1 Å². The van der Waals surface area contributed by atoms with Gasteiger partial charge < -0.3 is 4.42 Å². The van der Waals surface area contributed by atoms with E-state index in [1.165, 1.54) is 116 Å². The third-order valence-corrected chi connectivity index (χ3v) is 16.7. The number of aromatic nitrogens is 2. The molecule has 392 valence electrons. The molecule has 0 spiro atoms. The highest BCUT2D eigenvalue weighted by Crippen LogP contribution is 2.43. The van der Waals surface area contributed by atoms with Crippen LogP contribution in [0.15, 0.2) is 90.3 Å². The molecule has 4 aromatic heterocycles. The minimum Gasteiger partial charge on any atom is -0.455 e. The molecule has 0 atom stereocenters. The van der Waals surface area contributed by atoms with Crippen LogP contribution in [-0.4, -0.2) is 9.13 Å². The van der Waals surface area contributed by atoms with Gasteiger partial charge >= 0.3 is 0 Å². The molecule has 0 N–H and O–H groups in total. The fourth-order valence-corrected chi connectivity index (χ4v) is 12.6. The summed E-state index contributed by atoms with van der Waals surface area (Å²) in [6.07, 6.45) is 23.3. The van der Waals surface area contributed by atoms with E-state index in [0.29, 0.717) is 72.9 Å². The molecule has 10 rings (SSSR count). The van der Waals surface area contributed by atoms with Crippen LogP contribution in [0, 0.1) is 56.7 Å². The Bertz CT molecular complexity index is 4340. The second kappa shape index (κ2) is 24.7. The lowest BCUT2D eigenvalue weighted by atomic mass is 9.91. The van der Waals surface area contributed by atoms with E-state index in [4.69, 9.17) is 4.42 Å². The molecule has 12 nitrogen and oxygen atoms in total. The molecule has 0 fully saturated rings. The van der Waals surface area contributed by atoms with E-state index in [1.807, 2.05) is 18.2 Å². The summed E-state index contributed by atoms with van der Waals surface area (Å²) in [5.41, 5.74) is 0.901. The average molecular weight is 1050 g/mol. The van der Waals surface area contributed by atoms with Gasteiger partial charge in [-0.05, 0) is 78.9 Å². The Hall–Kier alpha value is -8.41. The van der Waals surface area contributed by atoms with Gasteiger partial charge in [-0.3, -0.25) is 28.3 Å². The van der Waals surface area contributed by atoms with E-state index in [9.17, 15) is 45.5 Å². The lowest BCUT2D eigenvalue weighted by Crippen LogP contribution is -2.33. The van der Waals surface area contributed by atoms with Gasteiger partial charge in [0.15, 0.2) is 5.58 Å². The topological polar surface area (TPSA) is 210 Å². The zero-order chi connectivity index (χ0) is 54.9. The number of fused-ring (bicyclic) bond motifs is 4. The maximum atomic E-state index is 13.6. The van der Waals surface area contributed by atoms with Gasteiger partial charge in [0, 0.05) is 60.9 Å². The number of unbranched alkanes of at least 4 members (excludes halogenated alkanes) is 18.